The van der Waals surface area contributed by atoms with Gasteiger partial charge in [-0.1, -0.05) is 29.8 Å². The van der Waals surface area contributed by atoms with Crippen molar-refractivity contribution in [1.82, 2.24) is 5.32 Å². The first-order chi connectivity index (χ1) is 10.5. The van der Waals surface area contributed by atoms with Crippen LogP contribution in [-0.2, 0) is 4.79 Å². The molecule has 1 aliphatic rings. The van der Waals surface area contributed by atoms with E-state index in [1.165, 1.54) is 12.2 Å². The third-order valence-electron chi connectivity index (χ3n) is 3.86. The predicted molar refractivity (Wildman–Crippen MR) is 89.2 cm³/mol. The van der Waals surface area contributed by atoms with Gasteiger partial charge in [0.2, 0.25) is 5.91 Å². The molecule has 0 bridgehead atoms. The summed E-state index contributed by atoms with van der Waals surface area (Å²) in [5.41, 5.74) is 1.10. The van der Waals surface area contributed by atoms with Crippen molar-refractivity contribution >= 4 is 23.5 Å². The molecule has 1 heterocycles. The SMILES string of the molecule is Cc1ccc(C(=O)/C=C/C(=O)NC2(CO)CCSCC2)cc1. The highest BCUT2D eigenvalue weighted by atomic mass is 32.2. The van der Waals surface area contributed by atoms with Crippen LogP contribution in [0.4, 0.5) is 0 Å². The Morgan fingerprint density at radius 2 is 1.86 bits per heavy atom. The zero-order valence-electron chi connectivity index (χ0n) is 12.7. The molecule has 22 heavy (non-hydrogen) atoms. The second-order valence-electron chi connectivity index (χ2n) is 5.60. The van der Waals surface area contributed by atoms with E-state index in [4.69, 9.17) is 0 Å². The summed E-state index contributed by atoms with van der Waals surface area (Å²) >= 11 is 1.82. The maximum atomic E-state index is 12.0. The summed E-state index contributed by atoms with van der Waals surface area (Å²) in [6, 6.07) is 7.21. The summed E-state index contributed by atoms with van der Waals surface area (Å²) in [4.78, 5) is 24.0. The van der Waals surface area contributed by atoms with Crippen LogP contribution in [0.5, 0.6) is 0 Å². The molecule has 0 spiro atoms. The van der Waals surface area contributed by atoms with Gasteiger partial charge in [0.25, 0.3) is 0 Å². The lowest BCUT2D eigenvalue weighted by molar-refractivity contribution is -0.119. The molecule has 0 aromatic heterocycles. The minimum atomic E-state index is -0.542. The van der Waals surface area contributed by atoms with Crippen molar-refractivity contribution in [3.05, 3.63) is 47.5 Å². The molecular weight excluding hydrogens is 298 g/mol. The van der Waals surface area contributed by atoms with E-state index >= 15 is 0 Å². The molecule has 2 rings (SSSR count). The lowest BCUT2D eigenvalue weighted by Crippen LogP contribution is -2.53. The number of hydrogen-bond donors (Lipinski definition) is 2. The number of aliphatic hydroxyl groups is 1. The van der Waals surface area contributed by atoms with Crippen molar-refractivity contribution in [2.45, 2.75) is 25.3 Å². The molecule has 2 N–H and O–H groups in total. The van der Waals surface area contributed by atoms with Crippen LogP contribution in [0.1, 0.15) is 28.8 Å². The number of carbonyl (C=O) groups excluding carboxylic acids is 2. The summed E-state index contributed by atoms with van der Waals surface area (Å²) in [5.74, 6) is 1.31. The number of carbonyl (C=O) groups is 2. The molecule has 0 radical (unpaired) electrons. The van der Waals surface area contributed by atoms with E-state index in [0.29, 0.717) is 5.56 Å². The molecule has 1 aromatic carbocycles. The maximum Gasteiger partial charge on any atom is 0.244 e. The van der Waals surface area contributed by atoms with Crippen LogP contribution in [0.25, 0.3) is 0 Å². The van der Waals surface area contributed by atoms with Crippen molar-refractivity contribution < 1.29 is 14.7 Å². The second kappa shape index (κ2) is 7.61. The number of aryl methyl sites for hydroxylation is 1. The van der Waals surface area contributed by atoms with Crippen LogP contribution < -0.4 is 5.32 Å². The molecule has 0 unspecified atom stereocenters. The first-order valence-electron chi connectivity index (χ1n) is 7.34. The van der Waals surface area contributed by atoms with Gasteiger partial charge < -0.3 is 10.4 Å². The Morgan fingerprint density at radius 1 is 1.23 bits per heavy atom. The number of hydrogen-bond acceptors (Lipinski definition) is 4. The van der Waals surface area contributed by atoms with Gasteiger partial charge in [-0.15, -0.1) is 0 Å². The van der Waals surface area contributed by atoms with Crippen molar-refractivity contribution in [2.24, 2.45) is 0 Å². The Balaban J connectivity index is 1.95. The van der Waals surface area contributed by atoms with Gasteiger partial charge in [-0.25, -0.2) is 0 Å². The average molecular weight is 319 g/mol. The Bertz CT molecular complexity index is 560. The summed E-state index contributed by atoms with van der Waals surface area (Å²) < 4.78 is 0. The van der Waals surface area contributed by atoms with Gasteiger partial charge in [-0.3, -0.25) is 9.59 Å². The van der Waals surface area contributed by atoms with E-state index in [1.807, 2.05) is 30.8 Å². The average Bonchev–Trinajstić information content (AvgIpc) is 2.54. The number of thioether (sulfide) groups is 1. The van der Waals surface area contributed by atoms with Gasteiger partial charge in [0, 0.05) is 11.6 Å². The number of ketones is 1. The van der Waals surface area contributed by atoms with E-state index < -0.39 is 5.54 Å². The highest BCUT2D eigenvalue weighted by Gasteiger charge is 2.32. The van der Waals surface area contributed by atoms with Crippen molar-refractivity contribution in [3.8, 4) is 0 Å². The fraction of sp³-hybridized carbons (Fsp3) is 0.412. The van der Waals surface area contributed by atoms with E-state index in [-0.39, 0.29) is 18.3 Å². The molecular formula is C17H21NO3S. The Hall–Kier alpha value is -1.59. The molecule has 0 aliphatic carbocycles. The number of amides is 1. The number of allylic oxidation sites excluding steroid dienone is 1. The zero-order chi connectivity index (χ0) is 16.0. The Morgan fingerprint density at radius 3 is 2.45 bits per heavy atom. The highest BCUT2D eigenvalue weighted by molar-refractivity contribution is 7.99. The van der Waals surface area contributed by atoms with Crippen molar-refractivity contribution in [2.75, 3.05) is 18.1 Å². The number of rotatable bonds is 5. The zero-order valence-corrected chi connectivity index (χ0v) is 13.5. The van der Waals surface area contributed by atoms with Crippen LogP contribution >= 0.6 is 11.8 Å². The topological polar surface area (TPSA) is 66.4 Å². The van der Waals surface area contributed by atoms with Crippen LogP contribution in [0.3, 0.4) is 0 Å². The van der Waals surface area contributed by atoms with Crippen molar-refractivity contribution in [3.63, 3.8) is 0 Å². The smallest absolute Gasteiger partial charge is 0.244 e. The molecule has 1 saturated heterocycles. The molecule has 1 aliphatic heterocycles. The lowest BCUT2D eigenvalue weighted by Gasteiger charge is -2.35. The van der Waals surface area contributed by atoms with Gasteiger partial charge >= 0.3 is 0 Å². The molecule has 1 fully saturated rings. The largest absolute Gasteiger partial charge is 0.394 e. The Labute approximate surface area is 135 Å². The fourth-order valence-electron chi connectivity index (χ4n) is 2.35. The second-order valence-corrected chi connectivity index (χ2v) is 6.83. The lowest BCUT2D eigenvalue weighted by atomic mass is 9.93. The Kier molecular flexibility index (Phi) is 5.80. The third kappa shape index (κ3) is 4.45. The normalized spacial score (nSPS) is 17.4. The minimum absolute atomic E-state index is 0.0704. The van der Waals surface area contributed by atoms with Gasteiger partial charge in [0.05, 0.1) is 12.1 Å². The predicted octanol–water partition coefficient (Wildman–Crippen LogP) is 2.11. The quantitative estimate of drug-likeness (QED) is 0.644. The summed E-state index contributed by atoms with van der Waals surface area (Å²) in [6.45, 7) is 1.88. The monoisotopic (exact) mass is 319 g/mol. The first kappa shape index (κ1) is 16.8. The van der Waals surface area contributed by atoms with E-state index in [0.717, 1.165) is 29.9 Å². The van der Waals surface area contributed by atoms with Crippen LogP contribution in [0.15, 0.2) is 36.4 Å². The third-order valence-corrected chi connectivity index (χ3v) is 4.85. The summed E-state index contributed by atoms with van der Waals surface area (Å²) in [7, 11) is 0. The van der Waals surface area contributed by atoms with Gasteiger partial charge in [0.15, 0.2) is 5.78 Å². The molecule has 1 amide bonds. The molecule has 0 atom stereocenters. The first-order valence-corrected chi connectivity index (χ1v) is 8.50. The van der Waals surface area contributed by atoms with E-state index in [1.54, 1.807) is 12.1 Å². The molecule has 0 saturated carbocycles. The van der Waals surface area contributed by atoms with E-state index in [2.05, 4.69) is 5.32 Å². The number of nitrogens with one attached hydrogen (secondary N) is 1. The molecule has 5 heteroatoms. The van der Waals surface area contributed by atoms with Crippen LogP contribution in [0, 0.1) is 6.92 Å². The fourth-order valence-corrected chi connectivity index (χ4v) is 3.63. The summed E-state index contributed by atoms with van der Waals surface area (Å²) in [6.07, 6.45) is 4.03. The molecule has 4 nitrogen and oxygen atoms in total. The molecule has 118 valence electrons. The number of aliphatic hydroxyl groups excluding tert-OH is 1. The standard InChI is InChI=1S/C17H21NO3S/c1-13-2-4-14(5-3-13)15(20)6-7-16(21)18-17(12-19)8-10-22-11-9-17/h2-7,19H,8-12H2,1H3,(H,18,21)/b7-6+. The van der Waals surface area contributed by atoms with Gasteiger partial charge in [0.1, 0.15) is 0 Å². The van der Waals surface area contributed by atoms with Gasteiger partial charge in [-0.05, 0) is 37.3 Å². The van der Waals surface area contributed by atoms with Crippen LogP contribution in [-0.4, -0.2) is 40.4 Å². The highest BCUT2D eigenvalue weighted by Crippen LogP contribution is 2.26. The van der Waals surface area contributed by atoms with Crippen LogP contribution in [0.2, 0.25) is 0 Å². The maximum absolute atomic E-state index is 12.0. The minimum Gasteiger partial charge on any atom is -0.394 e. The summed E-state index contributed by atoms with van der Waals surface area (Å²) in [5, 5.41) is 12.4. The van der Waals surface area contributed by atoms with Crippen molar-refractivity contribution in [1.29, 1.82) is 0 Å². The molecule has 1 aromatic rings. The van der Waals surface area contributed by atoms with Gasteiger partial charge in [-0.2, -0.15) is 11.8 Å². The number of benzene rings is 1. The van der Waals surface area contributed by atoms with E-state index in [9.17, 15) is 14.7 Å².